The molecule has 3 nitrogen and oxygen atoms in total. The van der Waals surface area contributed by atoms with Crippen LogP contribution >= 0.6 is 11.6 Å². The predicted octanol–water partition coefficient (Wildman–Crippen LogP) is 5.60. The van der Waals surface area contributed by atoms with Gasteiger partial charge in [-0.15, -0.1) is 0 Å². The summed E-state index contributed by atoms with van der Waals surface area (Å²) in [4.78, 5) is 13.0. The van der Waals surface area contributed by atoms with Gasteiger partial charge in [0.25, 0.3) is 5.91 Å². The van der Waals surface area contributed by atoms with Gasteiger partial charge < -0.3 is 10.1 Å². The van der Waals surface area contributed by atoms with Crippen LogP contribution in [0.15, 0.2) is 78.9 Å². The van der Waals surface area contributed by atoms with Gasteiger partial charge in [0.1, 0.15) is 5.75 Å². The molecule has 0 fully saturated rings. The number of para-hydroxylation sites is 1. The van der Waals surface area contributed by atoms with Crippen LogP contribution in [0.5, 0.6) is 5.75 Å². The molecule has 0 aromatic heterocycles. The Hall–Kier alpha value is -3.04. The highest BCUT2D eigenvalue weighted by Gasteiger charge is 2.13. The van der Waals surface area contributed by atoms with Crippen LogP contribution in [0.1, 0.15) is 23.6 Å². The minimum atomic E-state index is -0.169. The van der Waals surface area contributed by atoms with E-state index in [1.807, 2.05) is 91.9 Å². The third-order valence-electron chi connectivity index (χ3n) is 4.25. The molecular formula is C24H22ClNO2. The lowest BCUT2D eigenvalue weighted by Crippen LogP contribution is -2.24. The molecule has 0 radical (unpaired) electrons. The van der Waals surface area contributed by atoms with E-state index in [0.29, 0.717) is 23.7 Å². The van der Waals surface area contributed by atoms with Gasteiger partial charge in [-0.25, -0.2) is 0 Å². The van der Waals surface area contributed by atoms with Gasteiger partial charge in [-0.1, -0.05) is 78.3 Å². The number of rotatable bonds is 7. The third kappa shape index (κ3) is 5.02. The van der Waals surface area contributed by atoms with E-state index in [-0.39, 0.29) is 5.91 Å². The molecule has 28 heavy (non-hydrogen) atoms. The molecule has 0 aliphatic carbocycles. The number of hydrogen-bond donors (Lipinski definition) is 1. The summed E-state index contributed by atoms with van der Waals surface area (Å²) < 4.78 is 5.64. The van der Waals surface area contributed by atoms with Gasteiger partial charge in [0.05, 0.1) is 6.61 Å². The van der Waals surface area contributed by atoms with Gasteiger partial charge in [0.2, 0.25) is 0 Å². The molecule has 0 heterocycles. The Bertz CT molecular complexity index is 967. The number of carbonyl (C=O) groups excluding carboxylic acids is 1. The van der Waals surface area contributed by atoms with Gasteiger partial charge in [-0.2, -0.15) is 0 Å². The Balaban J connectivity index is 1.87. The fourth-order valence-electron chi connectivity index (χ4n) is 2.86. The lowest BCUT2D eigenvalue weighted by atomic mass is 10.0. The topological polar surface area (TPSA) is 38.3 Å². The molecule has 3 rings (SSSR count). The van der Waals surface area contributed by atoms with Crippen molar-refractivity contribution in [3.8, 4) is 5.75 Å². The van der Waals surface area contributed by atoms with Crippen molar-refractivity contribution in [2.75, 3.05) is 6.61 Å². The van der Waals surface area contributed by atoms with E-state index in [1.165, 1.54) is 0 Å². The summed E-state index contributed by atoms with van der Waals surface area (Å²) >= 11 is 6.30. The highest BCUT2D eigenvalue weighted by atomic mass is 35.5. The summed E-state index contributed by atoms with van der Waals surface area (Å²) in [6.45, 7) is 2.89. The second kappa shape index (κ2) is 9.77. The van der Waals surface area contributed by atoms with Crippen molar-refractivity contribution < 1.29 is 9.53 Å². The molecule has 0 spiro atoms. The fourth-order valence-corrected chi connectivity index (χ4v) is 3.05. The smallest absolute Gasteiger partial charge is 0.252 e. The second-order valence-corrected chi connectivity index (χ2v) is 6.58. The van der Waals surface area contributed by atoms with Crippen molar-refractivity contribution in [2.45, 2.75) is 13.5 Å². The van der Waals surface area contributed by atoms with Crippen LogP contribution < -0.4 is 10.1 Å². The van der Waals surface area contributed by atoms with Crippen molar-refractivity contribution in [2.24, 2.45) is 0 Å². The van der Waals surface area contributed by atoms with Gasteiger partial charge in [-0.05, 0) is 36.3 Å². The molecule has 0 aliphatic rings. The van der Waals surface area contributed by atoms with Crippen LogP contribution in [-0.4, -0.2) is 12.5 Å². The first-order chi connectivity index (χ1) is 13.7. The summed E-state index contributed by atoms with van der Waals surface area (Å²) in [6, 6.07) is 24.7. The second-order valence-electron chi connectivity index (χ2n) is 6.17. The predicted molar refractivity (Wildman–Crippen MR) is 115 cm³/mol. The first-order valence-corrected chi connectivity index (χ1v) is 9.57. The van der Waals surface area contributed by atoms with E-state index >= 15 is 0 Å². The standard InChI is InChI=1S/C24H22ClNO2/c1-2-28-23-15-9-7-13-20(23)17-26-24(27)21(18-10-4-3-5-11-18)16-19-12-6-8-14-22(19)25/h3-16H,2,17H2,1H3,(H,26,27)/b21-16+. The molecular weight excluding hydrogens is 370 g/mol. The van der Waals surface area contributed by atoms with E-state index in [9.17, 15) is 4.79 Å². The quantitative estimate of drug-likeness (QED) is 0.420. The average molecular weight is 392 g/mol. The molecule has 3 aromatic carbocycles. The molecule has 1 N–H and O–H groups in total. The Morgan fingerprint density at radius 1 is 0.964 bits per heavy atom. The molecule has 0 saturated heterocycles. The van der Waals surface area contributed by atoms with Crippen LogP contribution in [0, 0.1) is 0 Å². The Morgan fingerprint density at radius 2 is 1.64 bits per heavy atom. The maximum atomic E-state index is 13.0. The molecule has 3 aromatic rings. The first kappa shape index (κ1) is 19.7. The van der Waals surface area contributed by atoms with Gasteiger partial charge in [0, 0.05) is 22.7 Å². The molecule has 0 aliphatic heterocycles. The van der Waals surface area contributed by atoms with Crippen molar-refractivity contribution in [3.63, 3.8) is 0 Å². The van der Waals surface area contributed by atoms with E-state index in [4.69, 9.17) is 16.3 Å². The number of ether oxygens (including phenoxy) is 1. The molecule has 1 amide bonds. The molecule has 142 valence electrons. The van der Waals surface area contributed by atoms with Gasteiger partial charge in [-0.3, -0.25) is 4.79 Å². The van der Waals surface area contributed by atoms with Crippen LogP contribution in [0.3, 0.4) is 0 Å². The van der Waals surface area contributed by atoms with Crippen LogP contribution in [0.25, 0.3) is 11.6 Å². The van der Waals surface area contributed by atoms with E-state index < -0.39 is 0 Å². The minimum absolute atomic E-state index is 0.169. The lowest BCUT2D eigenvalue weighted by molar-refractivity contribution is -0.115. The van der Waals surface area contributed by atoms with Gasteiger partial charge in [0.15, 0.2) is 0 Å². The maximum Gasteiger partial charge on any atom is 0.252 e. The summed E-state index contributed by atoms with van der Waals surface area (Å²) in [7, 11) is 0. The first-order valence-electron chi connectivity index (χ1n) is 9.19. The van der Waals surface area contributed by atoms with Crippen molar-refractivity contribution in [1.29, 1.82) is 0 Å². The number of amides is 1. The zero-order chi connectivity index (χ0) is 19.8. The Morgan fingerprint density at radius 3 is 2.39 bits per heavy atom. The van der Waals surface area contributed by atoms with E-state index in [1.54, 1.807) is 0 Å². The molecule has 0 unspecified atom stereocenters. The fraction of sp³-hybridized carbons (Fsp3) is 0.125. The number of carbonyl (C=O) groups is 1. The number of hydrogen-bond acceptors (Lipinski definition) is 2. The number of halogens is 1. The van der Waals surface area contributed by atoms with Crippen LogP contribution in [0.4, 0.5) is 0 Å². The summed E-state index contributed by atoms with van der Waals surface area (Å²) in [5.41, 5.74) is 3.12. The molecule has 0 atom stereocenters. The van der Waals surface area contributed by atoms with Gasteiger partial charge >= 0.3 is 0 Å². The van der Waals surface area contributed by atoms with Crippen molar-refractivity contribution in [1.82, 2.24) is 5.32 Å². The van der Waals surface area contributed by atoms with Crippen LogP contribution in [0.2, 0.25) is 5.02 Å². The average Bonchev–Trinajstić information content (AvgIpc) is 2.73. The van der Waals surface area contributed by atoms with Crippen LogP contribution in [-0.2, 0) is 11.3 Å². The highest BCUT2D eigenvalue weighted by Crippen LogP contribution is 2.24. The SMILES string of the molecule is CCOc1ccccc1CNC(=O)/C(=C/c1ccccc1Cl)c1ccccc1. The summed E-state index contributed by atoms with van der Waals surface area (Å²) in [6.07, 6.45) is 1.82. The number of nitrogens with one attached hydrogen (secondary N) is 1. The molecule has 0 saturated carbocycles. The van der Waals surface area contributed by atoms with Crippen molar-refractivity contribution in [3.05, 3.63) is 101 Å². The van der Waals surface area contributed by atoms with E-state index in [2.05, 4.69) is 5.32 Å². The Kier molecular flexibility index (Phi) is 6.88. The monoisotopic (exact) mass is 391 g/mol. The maximum absolute atomic E-state index is 13.0. The van der Waals surface area contributed by atoms with E-state index in [0.717, 1.165) is 22.4 Å². The summed E-state index contributed by atoms with van der Waals surface area (Å²) in [5, 5.41) is 3.61. The zero-order valence-electron chi connectivity index (χ0n) is 15.7. The normalized spacial score (nSPS) is 11.1. The number of benzene rings is 3. The Labute approximate surface area is 170 Å². The zero-order valence-corrected chi connectivity index (χ0v) is 16.4. The highest BCUT2D eigenvalue weighted by molar-refractivity contribution is 6.33. The van der Waals surface area contributed by atoms with Crippen molar-refractivity contribution >= 4 is 29.2 Å². The molecule has 4 heteroatoms. The lowest BCUT2D eigenvalue weighted by Gasteiger charge is -2.13. The third-order valence-corrected chi connectivity index (χ3v) is 4.59. The molecule has 0 bridgehead atoms. The summed E-state index contributed by atoms with van der Waals surface area (Å²) in [5.74, 6) is 0.610. The minimum Gasteiger partial charge on any atom is -0.494 e. The largest absolute Gasteiger partial charge is 0.494 e.